The van der Waals surface area contributed by atoms with E-state index in [2.05, 4.69) is 17.2 Å². The van der Waals surface area contributed by atoms with Crippen molar-refractivity contribution in [3.8, 4) is 0 Å². The fraction of sp³-hybridized carbons (Fsp3) is 0.500. The van der Waals surface area contributed by atoms with Crippen LogP contribution in [-0.4, -0.2) is 16.9 Å². The van der Waals surface area contributed by atoms with Gasteiger partial charge in [-0.05, 0) is 25.0 Å². The lowest BCUT2D eigenvalue weighted by atomic mass is 10.1. The molecule has 0 spiro atoms. The number of anilines is 1. The monoisotopic (exact) mass is 221 g/mol. The first-order valence-electron chi connectivity index (χ1n) is 5.61. The first kappa shape index (κ1) is 12.6. The number of rotatable bonds is 5. The smallest absolute Gasteiger partial charge is 0.241 e. The number of aryl methyl sites for hydroxylation is 1. The van der Waals surface area contributed by atoms with Gasteiger partial charge in [-0.25, -0.2) is 0 Å². The second kappa shape index (κ2) is 6.23. The highest BCUT2D eigenvalue weighted by Gasteiger charge is 2.12. The fourth-order valence-corrected chi connectivity index (χ4v) is 1.41. The standard InChI is InChI=1S/C12H19N3O/c1-3-4-5-11(13)12(16)15-10-6-9(2)7-14-8-10/h6-8,11H,3-5,13H2,1-2H3,(H,15,16)/t11-/m0/s1. The molecule has 1 atom stereocenters. The number of hydrogen-bond donors (Lipinski definition) is 2. The zero-order valence-corrected chi connectivity index (χ0v) is 9.86. The third kappa shape index (κ3) is 3.98. The summed E-state index contributed by atoms with van der Waals surface area (Å²) in [6.07, 6.45) is 6.11. The van der Waals surface area contributed by atoms with Crippen molar-refractivity contribution in [1.29, 1.82) is 0 Å². The zero-order valence-electron chi connectivity index (χ0n) is 9.86. The van der Waals surface area contributed by atoms with Gasteiger partial charge in [0.15, 0.2) is 0 Å². The third-order valence-electron chi connectivity index (χ3n) is 2.35. The summed E-state index contributed by atoms with van der Waals surface area (Å²) in [6, 6.07) is 1.44. The van der Waals surface area contributed by atoms with Crippen LogP contribution in [0.2, 0.25) is 0 Å². The van der Waals surface area contributed by atoms with Crippen molar-refractivity contribution in [1.82, 2.24) is 4.98 Å². The fourth-order valence-electron chi connectivity index (χ4n) is 1.41. The van der Waals surface area contributed by atoms with Gasteiger partial charge in [0, 0.05) is 6.20 Å². The third-order valence-corrected chi connectivity index (χ3v) is 2.35. The van der Waals surface area contributed by atoms with Crippen LogP contribution >= 0.6 is 0 Å². The highest BCUT2D eigenvalue weighted by molar-refractivity contribution is 5.94. The molecular weight excluding hydrogens is 202 g/mol. The number of amides is 1. The molecule has 0 saturated carbocycles. The Kier molecular flexibility index (Phi) is 4.92. The molecule has 4 heteroatoms. The van der Waals surface area contributed by atoms with Crippen LogP contribution in [0.1, 0.15) is 31.7 Å². The van der Waals surface area contributed by atoms with Crippen LogP contribution in [0.3, 0.4) is 0 Å². The Hall–Kier alpha value is -1.42. The van der Waals surface area contributed by atoms with Crippen molar-refractivity contribution < 1.29 is 4.79 Å². The molecule has 4 nitrogen and oxygen atoms in total. The summed E-state index contributed by atoms with van der Waals surface area (Å²) < 4.78 is 0. The van der Waals surface area contributed by atoms with Crippen molar-refractivity contribution in [3.05, 3.63) is 24.0 Å². The largest absolute Gasteiger partial charge is 0.323 e. The van der Waals surface area contributed by atoms with Gasteiger partial charge in [-0.2, -0.15) is 0 Å². The number of hydrogen-bond acceptors (Lipinski definition) is 3. The molecule has 0 aliphatic carbocycles. The van der Waals surface area contributed by atoms with Crippen LogP contribution in [-0.2, 0) is 4.79 Å². The van der Waals surface area contributed by atoms with Gasteiger partial charge in [0.25, 0.3) is 0 Å². The topological polar surface area (TPSA) is 68.0 Å². The van der Waals surface area contributed by atoms with Crippen LogP contribution in [0, 0.1) is 6.92 Å². The second-order valence-electron chi connectivity index (χ2n) is 3.99. The molecule has 0 aliphatic heterocycles. The molecule has 0 unspecified atom stereocenters. The minimum atomic E-state index is -0.430. The lowest BCUT2D eigenvalue weighted by Gasteiger charge is -2.11. The molecule has 0 aliphatic rings. The highest BCUT2D eigenvalue weighted by Crippen LogP contribution is 2.08. The van der Waals surface area contributed by atoms with E-state index in [-0.39, 0.29) is 5.91 Å². The van der Waals surface area contributed by atoms with Crippen molar-refractivity contribution >= 4 is 11.6 Å². The minimum absolute atomic E-state index is 0.138. The Morgan fingerprint density at radius 2 is 2.31 bits per heavy atom. The number of aromatic nitrogens is 1. The molecule has 0 saturated heterocycles. The first-order chi connectivity index (χ1) is 7.63. The van der Waals surface area contributed by atoms with Crippen molar-refractivity contribution in [2.24, 2.45) is 5.73 Å². The molecule has 1 rings (SSSR count). The number of carbonyl (C=O) groups excluding carboxylic acids is 1. The summed E-state index contributed by atoms with van der Waals surface area (Å²) in [7, 11) is 0. The van der Waals surface area contributed by atoms with Crippen LogP contribution in [0.4, 0.5) is 5.69 Å². The minimum Gasteiger partial charge on any atom is -0.323 e. The number of nitrogens with two attached hydrogens (primary N) is 1. The molecule has 3 N–H and O–H groups in total. The Morgan fingerprint density at radius 3 is 2.94 bits per heavy atom. The van der Waals surface area contributed by atoms with E-state index in [1.807, 2.05) is 13.0 Å². The summed E-state index contributed by atoms with van der Waals surface area (Å²) in [5, 5.41) is 2.76. The van der Waals surface area contributed by atoms with Gasteiger partial charge >= 0.3 is 0 Å². The van der Waals surface area contributed by atoms with Crippen LogP contribution in [0.5, 0.6) is 0 Å². The van der Waals surface area contributed by atoms with E-state index in [4.69, 9.17) is 5.73 Å². The summed E-state index contributed by atoms with van der Waals surface area (Å²) in [5.74, 6) is -0.138. The van der Waals surface area contributed by atoms with Crippen molar-refractivity contribution in [3.63, 3.8) is 0 Å². The summed E-state index contributed by atoms with van der Waals surface area (Å²) in [5.41, 5.74) is 7.48. The number of nitrogens with one attached hydrogen (secondary N) is 1. The predicted molar refractivity (Wildman–Crippen MR) is 65.1 cm³/mol. The van der Waals surface area contributed by atoms with Crippen molar-refractivity contribution in [2.45, 2.75) is 39.2 Å². The van der Waals surface area contributed by atoms with Gasteiger partial charge in [0.05, 0.1) is 17.9 Å². The van der Waals surface area contributed by atoms with Crippen LogP contribution < -0.4 is 11.1 Å². The molecule has 1 amide bonds. The normalized spacial score (nSPS) is 12.2. The Labute approximate surface area is 96.3 Å². The van der Waals surface area contributed by atoms with Gasteiger partial charge < -0.3 is 11.1 Å². The number of pyridine rings is 1. The maximum absolute atomic E-state index is 11.7. The molecule has 0 bridgehead atoms. The molecule has 1 aromatic heterocycles. The molecule has 16 heavy (non-hydrogen) atoms. The average Bonchev–Trinajstić information content (AvgIpc) is 2.25. The van der Waals surface area contributed by atoms with Crippen molar-refractivity contribution in [2.75, 3.05) is 5.32 Å². The second-order valence-corrected chi connectivity index (χ2v) is 3.99. The van der Waals surface area contributed by atoms with Crippen LogP contribution in [0.15, 0.2) is 18.5 Å². The van der Waals surface area contributed by atoms with E-state index in [0.717, 1.165) is 24.8 Å². The average molecular weight is 221 g/mol. The molecular formula is C12H19N3O. The van der Waals surface area contributed by atoms with E-state index in [9.17, 15) is 4.79 Å². The van der Waals surface area contributed by atoms with Crippen LogP contribution in [0.25, 0.3) is 0 Å². The SMILES string of the molecule is CCCC[C@H](N)C(=O)Nc1cncc(C)c1. The summed E-state index contributed by atoms with van der Waals surface area (Å²) in [4.78, 5) is 15.7. The lowest BCUT2D eigenvalue weighted by Crippen LogP contribution is -2.35. The van der Waals surface area contributed by atoms with Gasteiger partial charge in [-0.1, -0.05) is 19.8 Å². The quantitative estimate of drug-likeness (QED) is 0.797. The molecule has 0 radical (unpaired) electrons. The van der Waals surface area contributed by atoms with Gasteiger partial charge in [-0.15, -0.1) is 0 Å². The van der Waals surface area contributed by atoms with E-state index in [0.29, 0.717) is 5.69 Å². The van der Waals surface area contributed by atoms with Gasteiger partial charge in [0.1, 0.15) is 0 Å². The summed E-state index contributed by atoms with van der Waals surface area (Å²) >= 11 is 0. The van der Waals surface area contributed by atoms with E-state index in [1.54, 1.807) is 12.4 Å². The molecule has 88 valence electrons. The molecule has 1 heterocycles. The number of unbranched alkanes of at least 4 members (excludes halogenated alkanes) is 1. The maximum Gasteiger partial charge on any atom is 0.241 e. The Bertz CT molecular complexity index is 352. The van der Waals surface area contributed by atoms with Gasteiger partial charge in [-0.3, -0.25) is 9.78 Å². The van der Waals surface area contributed by atoms with E-state index >= 15 is 0 Å². The summed E-state index contributed by atoms with van der Waals surface area (Å²) in [6.45, 7) is 4.01. The Balaban J connectivity index is 2.50. The zero-order chi connectivity index (χ0) is 12.0. The number of nitrogens with zero attached hydrogens (tertiary/aromatic N) is 1. The highest BCUT2D eigenvalue weighted by atomic mass is 16.2. The lowest BCUT2D eigenvalue weighted by molar-refractivity contribution is -0.117. The molecule has 0 aromatic carbocycles. The Morgan fingerprint density at radius 1 is 1.56 bits per heavy atom. The first-order valence-corrected chi connectivity index (χ1v) is 5.61. The van der Waals surface area contributed by atoms with Gasteiger partial charge in [0.2, 0.25) is 5.91 Å². The van der Waals surface area contributed by atoms with E-state index < -0.39 is 6.04 Å². The van der Waals surface area contributed by atoms with E-state index in [1.165, 1.54) is 0 Å². The molecule has 1 aromatic rings. The maximum atomic E-state index is 11.7. The number of carbonyl (C=O) groups is 1. The predicted octanol–water partition coefficient (Wildman–Crippen LogP) is 1.85. The molecule has 0 fully saturated rings.